The van der Waals surface area contributed by atoms with Crippen LogP contribution in [0.1, 0.15) is 82.0 Å². The minimum absolute atomic E-state index is 0.0150. The van der Waals surface area contributed by atoms with E-state index in [9.17, 15) is 48.4 Å². The van der Waals surface area contributed by atoms with Crippen molar-refractivity contribution < 1.29 is 48.4 Å². The average molecular weight is 1050 g/mol. The van der Waals surface area contributed by atoms with Gasteiger partial charge in [0.25, 0.3) is 25.8 Å². The Morgan fingerprint density at radius 2 is 1.44 bits per heavy atom. The lowest BCUT2D eigenvalue weighted by molar-refractivity contribution is -0.120. The van der Waals surface area contributed by atoms with Gasteiger partial charge in [0.05, 0.1) is 10.6 Å². The second-order valence-corrected chi connectivity index (χ2v) is 24.1. The number of hydrogen-bond acceptors (Lipinski definition) is 12. The van der Waals surface area contributed by atoms with Crippen LogP contribution in [0, 0.1) is 5.41 Å². The topological polar surface area (TPSA) is 151 Å². The molecular weight excluding hydrogens is 986 g/mol. The average Bonchev–Trinajstić information content (AvgIpc) is 3.33. The number of nitrogens with zero attached hydrogens (tertiary/aromatic N) is 4. The summed E-state index contributed by atoms with van der Waals surface area (Å²) in [6.07, 6.45) is 3.26. The maximum atomic E-state index is 14.3. The standard InChI is InChI=1S/C50H68F5N7O6S3/c1-49(2)22-20-39(38(34-49)9-7-12-46(51)52)35-61-29-31-62(32-30-61)41-16-14-37(15-17-41)48(64)58-71(67,68)43-18-19-44(45(33-43)70(65,66)50(53,54)55)57-40(36-69-42-10-5-4-6-11-42)21-24-60-27-25-59(26-28-60)23-8-13-47(63)56-3/h4-6,10-11,14-19,33,40,46,57H,7-9,12-13,20-32,34-36H2,1-3H3,(H,56,63)(H,58,64)/t40-/m1/s1. The first-order chi connectivity index (χ1) is 33.6. The number of allylic oxidation sites excluding steroid dienone is 1. The van der Waals surface area contributed by atoms with Gasteiger partial charge in [-0.05, 0) is 112 Å². The van der Waals surface area contributed by atoms with Crippen molar-refractivity contribution in [2.24, 2.45) is 5.41 Å². The van der Waals surface area contributed by atoms with E-state index >= 15 is 0 Å². The lowest BCUT2D eigenvalue weighted by atomic mass is 9.73. The monoisotopic (exact) mass is 1050 g/mol. The van der Waals surface area contributed by atoms with Gasteiger partial charge in [0, 0.05) is 113 Å². The molecule has 0 spiro atoms. The molecule has 392 valence electrons. The molecule has 21 heteroatoms. The molecule has 1 atom stereocenters. The van der Waals surface area contributed by atoms with Crippen molar-refractivity contribution >= 4 is 54.8 Å². The maximum absolute atomic E-state index is 14.3. The quantitative estimate of drug-likeness (QED) is 0.0477. The van der Waals surface area contributed by atoms with Gasteiger partial charge < -0.3 is 25.3 Å². The summed E-state index contributed by atoms with van der Waals surface area (Å²) in [7, 11) is -9.38. The molecular formula is C50H68F5N7O6S3. The molecule has 0 unspecified atom stereocenters. The molecule has 2 amide bonds. The molecule has 3 aliphatic rings. The van der Waals surface area contributed by atoms with Crippen molar-refractivity contribution in [2.45, 2.75) is 104 Å². The van der Waals surface area contributed by atoms with Crippen molar-refractivity contribution in [3.8, 4) is 0 Å². The first-order valence-electron chi connectivity index (χ1n) is 24.3. The van der Waals surface area contributed by atoms with Crippen molar-refractivity contribution in [1.29, 1.82) is 0 Å². The van der Waals surface area contributed by atoms with Crippen LogP contribution in [0.5, 0.6) is 0 Å². The van der Waals surface area contributed by atoms with Crippen molar-refractivity contribution in [3.05, 3.63) is 89.5 Å². The maximum Gasteiger partial charge on any atom is 0.501 e. The van der Waals surface area contributed by atoms with Crippen molar-refractivity contribution in [3.63, 3.8) is 0 Å². The van der Waals surface area contributed by atoms with E-state index in [4.69, 9.17) is 0 Å². The third kappa shape index (κ3) is 16.4. The Hall–Kier alpha value is -4.28. The summed E-state index contributed by atoms with van der Waals surface area (Å²) in [5, 5.41) is 5.64. The summed E-state index contributed by atoms with van der Waals surface area (Å²) in [4.78, 5) is 32.8. The Morgan fingerprint density at radius 3 is 2.07 bits per heavy atom. The molecule has 1 aliphatic carbocycles. The molecule has 6 rings (SSSR count). The summed E-state index contributed by atoms with van der Waals surface area (Å²) < 4.78 is 124. The number of sulfone groups is 1. The fourth-order valence-electron chi connectivity index (χ4n) is 9.31. The number of anilines is 2. The second kappa shape index (κ2) is 25.1. The van der Waals surface area contributed by atoms with Gasteiger partial charge in [0.2, 0.25) is 12.3 Å². The molecule has 3 aromatic carbocycles. The predicted octanol–water partition coefficient (Wildman–Crippen LogP) is 8.27. The van der Waals surface area contributed by atoms with Crippen molar-refractivity contribution in [1.82, 2.24) is 24.7 Å². The number of sulfonamides is 1. The molecule has 0 saturated carbocycles. The van der Waals surface area contributed by atoms with Crippen LogP contribution >= 0.6 is 11.8 Å². The molecule has 2 heterocycles. The van der Waals surface area contributed by atoms with Crippen LogP contribution in [0.4, 0.5) is 33.3 Å². The predicted molar refractivity (Wildman–Crippen MR) is 269 cm³/mol. The molecule has 3 N–H and O–H groups in total. The summed E-state index contributed by atoms with van der Waals surface area (Å²) in [5.41, 5.74) is -2.63. The van der Waals surface area contributed by atoms with E-state index in [1.54, 1.807) is 19.2 Å². The zero-order valence-electron chi connectivity index (χ0n) is 40.8. The lowest BCUT2D eigenvalue weighted by Crippen LogP contribution is -2.47. The third-order valence-corrected chi connectivity index (χ3v) is 17.6. The van der Waals surface area contributed by atoms with Gasteiger partial charge in [-0.15, -0.1) is 11.8 Å². The molecule has 0 bridgehead atoms. The number of rotatable bonds is 23. The third-order valence-electron chi connectivity index (χ3n) is 13.5. The Kier molecular flexibility index (Phi) is 19.8. The normalized spacial score (nSPS) is 18.1. The summed E-state index contributed by atoms with van der Waals surface area (Å²) in [5.74, 6) is -0.731. The number of benzene rings is 3. The Labute approximate surface area is 420 Å². The van der Waals surface area contributed by atoms with Gasteiger partial charge in [-0.2, -0.15) is 13.2 Å². The lowest BCUT2D eigenvalue weighted by Gasteiger charge is -2.39. The molecule has 71 heavy (non-hydrogen) atoms. The van der Waals surface area contributed by atoms with Crippen LogP contribution in [0.25, 0.3) is 0 Å². The minimum Gasteiger partial charge on any atom is -0.380 e. The zero-order chi connectivity index (χ0) is 51.4. The number of carbonyl (C=O) groups is 2. The largest absolute Gasteiger partial charge is 0.501 e. The van der Waals surface area contributed by atoms with E-state index in [0.29, 0.717) is 57.1 Å². The number of halogens is 5. The molecule has 2 saturated heterocycles. The van der Waals surface area contributed by atoms with Crippen LogP contribution < -0.4 is 20.3 Å². The highest BCUT2D eigenvalue weighted by Gasteiger charge is 2.48. The number of carbonyl (C=O) groups excluding carboxylic acids is 2. The highest BCUT2D eigenvalue weighted by atomic mass is 32.2. The van der Waals surface area contributed by atoms with Gasteiger partial charge in [-0.1, -0.05) is 43.2 Å². The molecule has 0 radical (unpaired) electrons. The molecule has 13 nitrogen and oxygen atoms in total. The van der Waals surface area contributed by atoms with Crippen LogP contribution in [0.15, 0.2) is 98.6 Å². The van der Waals surface area contributed by atoms with Crippen LogP contribution in [0.3, 0.4) is 0 Å². The molecule has 2 aliphatic heterocycles. The van der Waals surface area contributed by atoms with E-state index in [2.05, 4.69) is 44.1 Å². The Morgan fingerprint density at radius 1 is 0.789 bits per heavy atom. The van der Waals surface area contributed by atoms with Gasteiger partial charge in [-0.3, -0.25) is 14.5 Å². The van der Waals surface area contributed by atoms with E-state index in [1.165, 1.54) is 35.0 Å². The van der Waals surface area contributed by atoms with E-state index in [0.717, 1.165) is 101 Å². The summed E-state index contributed by atoms with van der Waals surface area (Å²) in [6.45, 7) is 12.4. The minimum atomic E-state index is -6.10. The summed E-state index contributed by atoms with van der Waals surface area (Å²) >= 11 is 1.44. The smallest absolute Gasteiger partial charge is 0.380 e. The number of thioether (sulfide) groups is 1. The first kappa shape index (κ1) is 56.0. The van der Waals surface area contributed by atoms with E-state index in [-0.39, 0.29) is 23.3 Å². The highest BCUT2D eigenvalue weighted by molar-refractivity contribution is 7.99. The number of hydrogen-bond donors (Lipinski definition) is 3. The number of amides is 2. The highest BCUT2D eigenvalue weighted by Crippen LogP contribution is 2.41. The van der Waals surface area contributed by atoms with Crippen molar-refractivity contribution in [2.75, 3.05) is 95.0 Å². The van der Waals surface area contributed by atoms with E-state index in [1.807, 2.05) is 35.1 Å². The van der Waals surface area contributed by atoms with Gasteiger partial charge >= 0.3 is 5.51 Å². The van der Waals surface area contributed by atoms with Crippen LogP contribution in [0.2, 0.25) is 0 Å². The molecule has 3 aromatic rings. The molecule has 0 aromatic heterocycles. The fourth-order valence-corrected chi connectivity index (χ4v) is 12.3. The van der Waals surface area contributed by atoms with Gasteiger partial charge in [-0.25, -0.2) is 30.3 Å². The van der Waals surface area contributed by atoms with E-state index < -0.39 is 59.2 Å². The number of alkyl halides is 5. The fraction of sp³-hybridized carbons (Fsp3) is 0.560. The number of nitrogens with one attached hydrogen (secondary N) is 3. The summed E-state index contributed by atoms with van der Waals surface area (Å²) in [6, 6.07) is 17.4. The van der Waals surface area contributed by atoms with Gasteiger partial charge in [0.1, 0.15) is 4.90 Å². The Bertz CT molecular complexity index is 2500. The SMILES string of the molecule is CNC(=O)CCCN1CCN(CC[C@H](CSc2ccccc2)Nc2ccc(S(=O)(=O)NC(=O)c3ccc(N4CCN(CC5=C(CCCC(F)F)CC(C)(C)CC5)CC4)cc3)cc2S(=O)(=O)C(F)(F)F)CC1. The number of piperazine rings is 2. The van der Waals surface area contributed by atoms with Crippen LogP contribution in [-0.4, -0.2) is 146 Å². The Balaban J connectivity index is 1.10. The zero-order valence-corrected chi connectivity index (χ0v) is 43.2. The molecule has 2 fully saturated rings. The second-order valence-electron chi connectivity index (χ2n) is 19.4. The van der Waals surface area contributed by atoms with Gasteiger partial charge in [0.15, 0.2) is 0 Å². The van der Waals surface area contributed by atoms with Crippen LogP contribution in [-0.2, 0) is 24.7 Å². The first-order valence-corrected chi connectivity index (χ1v) is 28.3.